The van der Waals surface area contributed by atoms with Crippen LogP contribution in [0.2, 0.25) is 0 Å². The summed E-state index contributed by atoms with van der Waals surface area (Å²) in [4.78, 5) is 15.6. The maximum Gasteiger partial charge on any atom is 0.417 e. The van der Waals surface area contributed by atoms with Gasteiger partial charge in [-0.1, -0.05) is 12.1 Å². The van der Waals surface area contributed by atoms with E-state index < -0.39 is 33.4 Å². The van der Waals surface area contributed by atoms with Crippen molar-refractivity contribution < 1.29 is 35.2 Å². The molecule has 5 N–H and O–H groups in total. The molecule has 0 spiro atoms. The summed E-state index contributed by atoms with van der Waals surface area (Å²) >= 11 is 0. The maximum absolute atomic E-state index is 12.7. The third kappa shape index (κ3) is 4.93. The third-order valence-corrected chi connectivity index (χ3v) is 5.01. The summed E-state index contributed by atoms with van der Waals surface area (Å²) in [7, 11) is -4.86. The predicted molar refractivity (Wildman–Crippen MR) is 104 cm³/mol. The molecule has 0 aliphatic carbocycles. The number of hydrogen-bond donors (Lipinski definition) is 4. The van der Waals surface area contributed by atoms with Gasteiger partial charge in [-0.3, -0.25) is 14.6 Å². The Hall–Kier alpha value is -3.75. The second-order valence-corrected chi connectivity index (χ2v) is 7.88. The second kappa shape index (κ2) is 8.41. The zero-order valence-corrected chi connectivity index (χ0v) is 16.4. The summed E-state index contributed by atoms with van der Waals surface area (Å²) in [6.45, 7) is 0. The smallest absolute Gasteiger partial charge is 0.365 e. The molecule has 0 aliphatic rings. The Labute approximate surface area is 176 Å². The highest BCUT2D eigenvalue weighted by molar-refractivity contribution is 7.93. The normalized spacial score (nSPS) is 12.1. The number of halogens is 5. The molecule has 0 fully saturated rings. The topological polar surface area (TPSA) is 143 Å². The van der Waals surface area contributed by atoms with Crippen LogP contribution in [0, 0.1) is 0 Å². The van der Waals surface area contributed by atoms with E-state index in [1.54, 1.807) is 4.72 Å². The van der Waals surface area contributed by atoms with E-state index in [0.29, 0.717) is 11.8 Å². The molecule has 2 heterocycles. The summed E-state index contributed by atoms with van der Waals surface area (Å²) in [5.41, 5.74) is 4.50. The van der Waals surface area contributed by atoms with Crippen LogP contribution in [0.15, 0.2) is 42.6 Å². The molecule has 3 aromatic rings. The molecule has 3 rings (SSSR count). The number of carbonyl (C=O) groups is 1. The van der Waals surface area contributed by atoms with Crippen LogP contribution >= 0.6 is 0 Å². The number of pyridine rings is 1. The number of H-pyrrole nitrogens is 1. The van der Waals surface area contributed by atoms with Crippen LogP contribution in [-0.4, -0.2) is 35.3 Å². The standard InChI is InChI=1S/C17H13F5N6O3S/c18-16(19)32(30,31)28-10-4-1-8(2-5-10)13-12(14(23)29)15(27-26-13)25-11-6-3-9(7-24-11)17(20,21)22/h1-7,16,28H,(H2,23,29)(H2,24,25,26,27). The molecule has 9 nitrogen and oxygen atoms in total. The van der Waals surface area contributed by atoms with Crippen LogP contribution in [0.25, 0.3) is 11.3 Å². The van der Waals surface area contributed by atoms with Gasteiger partial charge in [-0.05, 0) is 24.3 Å². The van der Waals surface area contributed by atoms with Gasteiger partial charge in [0.2, 0.25) is 0 Å². The van der Waals surface area contributed by atoms with Crippen LogP contribution in [0.5, 0.6) is 0 Å². The molecule has 0 atom stereocenters. The number of nitrogens with two attached hydrogens (primary N) is 1. The van der Waals surface area contributed by atoms with Crippen molar-refractivity contribution in [2.75, 3.05) is 10.0 Å². The second-order valence-electron chi connectivity index (χ2n) is 6.23. The van der Waals surface area contributed by atoms with Crippen LogP contribution < -0.4 is 15.8 Å². The first kappa shape index (κ1) is 22.9. The van der Waals surface area contributed by atoms with Crippen LogP contribution in [0.1, 0.15) is 15.9 Å². The lowest BCUT2D eigenvalue weighted by Crippen LogP contribution is -2.20. The van der Waals surface area contributed by atoms with Crippen LogP contribution in [0.4, 0.5) is 39.3 Å². The Bertz CT molecular complexity index is 1230. The van der Waals surface area contributed by atoms with E-state index in [4.69, 9.17) is 5.73 Å². The number of rotatable bonds is 7. The number of aromatic amines is 1. The number of carbonyl (C=O) groups excluding carboxylic acids is 1. The van der Waals surface area contributed by atoms with Gasteiger partial charge in [-0.2, -0.15) is 27.1 Å². The number of alkyl halides is 5. The highest BCUT2D eigenvalue weighted by atomic mass is 32.2. The van der Waals surface area contributed by atoms with E-state index in [2.05, 4.69) is 20.5 Å². The van der Waals surface area contributed by atoms with E-state index in [1.165, 1.54) is 24.3 Å². The quantitative estimate of drug-likeness (QED) is 0.386. The van der Waals surface area contributed by atoms with E-state index in [1.807, 2.05) is 0 Å². The Kier molecular flexibility index (Phi) is 6.03. The average Bonchev–Trinajstić information content (AvgIpc) is 3.11. The van der Waals surface area contributed by atoms with Crippen molar-refractivity contribution in [1.29, 1.82) is 0 Å². The Morgan fingerprint density at radius 2 is 1.75 bits per heavy atom. The van der Waals surface area contributed by atoms with Gasteiger partial charge >= 0.3 is 11.9 Å². The lowest BCUT2D eigenvalue weighted by molar-refractivity contribution is -0.137. The molecule has 0 unspecified atom stereocenters. The van der Waals surface area contributed by atoms with Crippen molar-refractivity contribution in [2.24, 2.45) is 5.73 Å². The molecule has 0 saturated heterocycles. The van der Waals surface area contributed by atoms with Crippen molar-refractivity contribution in [3.63, 3.8) is 0 Å². The fraction of sp³-hybridized carbons (Fsp3) is 0.118. The summed E-state index contributed by atoms with van der Waals surface area (Å²) in [6.07, 6.45) is -3.97. The zero-order chi connectivity index (χ0) is 23.7. The fourth-order valence-electron chi connectivity index (χ4n) is 2.55. The van der Waals surface area contributed by atoms with Gasteiger partial charge in [0.25, 0.3) is 15.9 Å². The van der Waals surface area contributed by atoms with Gasteiger partial charge in [0.1, 0.15) is 11.4 Å². The Morgan fingerprint density at radius 3 is 2.25 bits per heavy atom. The van der Waals surface area contributed by atoms with Gasteiger partial charge in [-0.15, -0.1) is 0 Å². The van der Waals surface area contributed by atoms with E-state index >= 15 is 0 Å². The Balaban J connectivity index is 1.87. The Morgan fingerprint density at radius 1 is 1.09 bits per heavy atom. The minimum Gasteiger partial charge on any atom is -0.365 e. The lowest BCUT2D eigenvalue weighted by Gasteiger charge is -2.09. The highest BCUT2D eigenvalue weighted by Crippen LogP contribution is 2.31. The minimum atomic E-state index is -4.86. The fourth-order valence-corrected chi connectivity index (χ4v) is 3.11. The van der Waals surface area contributed by atoms with Gasteiger partial charge in [0.15, 0.2) is 5.82 Å². The molecule has 0 aliphatic heterocycles. The monoisotopic (exact) mass is 476 g/mol. The SMILES string of the molecule is NC(=O)c1c(Nc2ccc(C(F)(F)F)cn2)n[nH]c1-c1ccc(NS(=O)(=O)C(F)F)cc1. The first-order valence-electron chi connectivity index (χ1n) is 8.47. The van der Waals surface area contributed by atoms with Crippen LogP contribution in [0.3, 0.4) is 0 Å². The van der Waals surface area contributed by atoms with E-state index in [0.717, 1.165) is 12.1 Å². The predicted octanol–water partition coefficient (Wildman–Crippen LogP) is 3.30. The van der Waals surface area contributed by atoms with Crippen molar-refractivity contribution >= 4 is 33.3 Å². The van der Waals surface area contributed by atoms with Gasteiger partial charge < -0.3 is 11.1 Å². The summed E-state index contributed by atoms with van der Waals surface area (Å²) in [5.74, 6) is -4.73. The number of primary amides is 1. The molecule has 170 valence electrons. The summed E-state index contributed by atoms with van der Waals surface area (Å²) in [6, 6.07) is 6.78. The number of nitrogens with one attached hydrogen (secondary N) is 3. The molecule has 1 aromatic carbocycles. The molecule has 0 radical (unpaired) electrons. The molecule has 2 aromatic heterocycles. The molecule has 0 saturated carbocycles. The average molecular weight is 476 g/mol. The number of anilines is 3. The number of hydrogen-bond acceptors (Lipinski definition) is 6. The van der Waals surface area contributed by atoms with E-state index in [-0.39, 0.29) is 28.6 Å². The molecular formula is C17H13F5N6O3S. The largest absolute Gasteiger partial charge is 0.417 e. The van der Waals surface area contributed by atoms with Crippen LogP contribution in [-0.2, 0) is 16.2 Å². The van der Waals surface area contributed by atoms with E-state index in [9.17, 15) is 35.2 Å². The van der Waals surface area contributed by atoms with Gasteiger partial charge in [0.05, 0.1) is 11.3 Å². The van der Waals surface area contributed by atoms with Gasteiger partial charge in [0, 0.05) is 17.4 Å². The number of benzene rings is 1. The van der Waals surface area contributed by atoms with Gasteiger partial charge in [-0.25, -0.2) is 13.4 Å². The molecular weight excluding hydrogens is 463 g/mol. The van der Waals surface area contributed by atoms with Crippen molar-refractivity contribution in [3.8, 4) is 11.3 Å². The van der Waals surface area contributed by atoms with Crippen molar-refractivity contribution in [1.82, 2.24) is 15.2 Å². The lowest BCUT2D eigenvalue weighted by atomic mass is 10.1. The zero-order valence-electron chi connectivity index (χ0n) is 15.6. The number of sulfonamides is 1. The summed E-state index contributed by atoms with van der Waals surface area (Å²) < 4.78 is 87.0. The minimum absolute atomic E-state index is 0.0460. The molecule has 1 amide bonds. The number of nitrogens with zero attached hydrogens (tertiary/aromatic N) is 2. The van der Waals surface area contributed by atoms with Crippen molar-refractivity contribution in [3.05, 3.63) is 53.7 Å². The third-order valence-electron chi connectivity index (χ3n) is 4.02. The number of aromatic nitrogens is 3. The number of amides is 1. The first-order chi connectivity index (χ1) is 14.9. The molecule has 15 heteroatoms. The molecule has 32 heavy (non-hydrogen) atoms. The highest BCUT2D eigenvalue weighted by Gasteiger charge is 2.31. The first-order valence-corrected chi connectivity index (χ1v) is 10.0. The maximum atomic E-state index is 12.7. The summed E-state index contributed by atoms with van der Waals surface area (Å²) in [5, 5.41) is 8.99. The van der Waals surface area contributed by atoms with Crippen molar-refractivity contribution in [2.45, 2.75) is 11.9 Å². The molecule has 0 bridgehead atoms.